The lowest BCUT2D eigenvalue weighted by Crippen LogP contribution is -2.48. The zero-order valence-electron chi connectivity index (χ0n) is 35.2. The van der Waals surface area contributed by atoms with E-state index >= 15 is 4.79 Å². The molecule has 0 N–H and O–H groups in total. The minimum Gasteiger partial charge on any atom is -0.332 e. The third-order valence-electron chi connectivity index (χ3n) is 14.6. The smallest absolute Gasteiger partial charge is 0.260 e. The van der Waals surface area contributed by atoms with Crippen LogP contribution in [0.15, 0.2) is 29.4 Å². The molecule has 1 saturated heterocycles. The van der Waals surface area contributed by atoms with Crippen molar-refractivity contribution in [3.63, 3.8) is 0 Å². The van der Waals surface area contributed by atoms with E-state index in [1.54, 1.807) is 17.0 Å². The van der Waals surface area contributed by atoms with Crippen LogP contribution in [0.2, 0.25) is 0 Å². The largest absolute Gasteiger partial charge is 0.332 e. The van der Waals surface area contributed by atoms with Crippen molar-refractivity contribution in [1.29, 1.82) is 0 Å². The summed E-state index contributed by atoms with van der Waals surface area (Å²) in [4.78, 5) is 75.8. The average Bonchev–Trinajstić information content (AvgIpc) is 3.90. The van der Waals surface area contributed by atoms with Gasteiger partial charge >= 0.3 is 0 Å². The highest BCUT2D eigenvalue weighted by atomic mass is 32.2. The summed E-state index contributed by atoms with van der Waals surface area (Å²) < 4.78 is 28.0. The second kappa shape index (κ2) is 15.5. The maximum atomic E-state index is 15.0. The van der Waals surface area contributed by atoms with Crippen LogP contribution in [0.3, 0.4) is 0 Å². The predicted molar refractivity (Wildman–Crippen MR) is 212 cm³/mol. The van der Waals surface area contributed by atoms with Crippen LogP contribution >= 0.6 is 0 Å². The lowest BCUT2D eigenvalue weighted by Gasteiger charge is -2.37. The van der Waals surface area contributed by atoms with E-state index in [2.05, 4.69) is 18.8 Å². The first-order chi connectivity index (χ1) is 25.4. The van der Waals surface area contributed by atoms with Crippen LogP contribution in [0.1, 0.15) is 139 Å². The van der Waals surface area contributed by atoms with Crippen molar-refractivity contribution in [2.24, 2.45) is 50.7 Å². The molecule has 1 amide bonds. The van der Waals surface area contributed by atoms with Crippen molar-refractivity contribution in [3.8, 4) is 0 Å². The number of amides is 1. The van der Waals surface area contributed by atoms with Gasteiger partial charge in [0, 0.05) is 69.3 Å². The van der Waals surface area contributed by atoms with Gasteiger partial charge in [0.05, 0.1) is 6.04 Å². The maximum Gasteiger partial charge on any atom is 0.260 e. The SMILES string of the molecule is CCCC(CC(=O)[C@@H]1C[C@@]2(CN1C(=O)[C@@H](CC(=O)C[C@H](CN(C)S(=O)(=O)c1ccccn1)C(C)(C)C)C(C)(C)C)C(C)(C)C21CCC1)C(=O)C(=O)CC1CC1. The summed E-state index contributed by atoms with van der Waals surface area (Å²) >= 11 is 0. The van der Waals surface area contributed by atoms with Crippen molar-refractivity contribution in [1.82, 2.24) is 14.2 Å². The molecule has 1 unspecified atom stereocenters. The fraction of sp³-hybridized carbons (Fsp3) is 0.773. The second-order valence-corrected chi connectivity index (χ2v) is 22.3. The van der Waals surface area contributed by atoms with Gasteiger partial charge in [-0.05, 0) is 84.2 Å². The Morgan fingerprint density at radius 3 is 2.09 bits per heavy atom. The van der Waals surface area contributed by atoms with Gasteiger partial charge in [0.15, 0.2) is 16.6 Å². The maximum absolute atomic E-state index is 15.0. The van der Waals surface area contributed by atoms with Crippen LogP contribution in [-0.4, -0.2) is 77.8 Å². The molecule has 306 valence electrons. The molecule has 3 aliphatic carbocycles. The van der Waals surface area contributed by atoms with Gasteiger partial charge in [-0.25, -0.2) is 13.4 Å². The van der Waals surface area contributed by atoms with Crippen LogP contribution in [0.5, 0.6) is 0 Å². The van der Waals surface area contributed by atoms with Gasteiger partial charge in [-0.15, -0.1) is 0 Å². The third kappa shape index (κ3) is 8.30. The summed E-state index contributed by atoms with van der Waals surface area (Å²) in [5.74, 6) is -2.77. The van der Waals surface area contributed by atoms with Crippen molar-refractivity contribution in [2.45, 2.75) is 150 Å². The van der Waals surface area contributed by atoms with Gasteiger partial charge in [-0.3, -0.25) is 24.0 Å². The number of hydrogen-bond acceptors (Lipinski definition) is 8. The molecule has 2 spiro atoms. The Balaban J connectivity index is 1.38. The number of aromatic nitrogens is 1. The van der Waals surface area contributed by atoms with Gasteiger partial charge in [0.1, 0.15) is 5.78 Å². The molecule has 11 heteroatoms. The van der Waals surface area contributed by atoms with E-state index in [4.69, 9.17) is 0 Å². The summed E-state index contributed by atoms with van der Waals surface area (Å²) in [5, 5.41) is -0.0554. The Bertz CT molecular complexity index is 1750. The molecule has 1 aromatic heterocycles. The van der Waals surface area contributed by atoms with Crippen LogP contribution < -0.4 is 0 Å². The topological polar surface area (TPSA) is 139 Å². The summed E-state index contributed by atoms with van der Waals surface area (Å²) in [6.07, 6.45) is 8.55. The molecule has 0 bridgehead atoms. The highest BCUT2D eigenvalue weighted by molar-refractivity contribution is 7.89. The number of ketones is 4. The molecule has 55 heavy (non-hydrogen) atoms. The summed E-state index contributed by atoms with van der Waals surface area (Å²) in [6.45, 7) is 18.9. The Kier molecular flexibility index (Phi) is 12.2. The van der Waals surface area contributed by atoms with Crippen molar-refractivity contribution in [3.05, 3.63) is 24.4 Å². The van der Waals surface area contributed by atoms with Gasteiger partial charge in [-0.1, -0.05) is 81.2 Å². The van der Waals surface area contributed by atoms with Crippen LogP contribution in [0.25, 0.3) is 0 Å². The lowest BCUT2D eigenvalue weighted by molar-refractivity contribution is -0.147. The number of rotatable bonds is 18. The normalized spacial score (nSPS) is 24.7. The molecule has 4 fully saturated rings. The first-order valence-corrected chi connectivity index (χ1v) is 22.2. The summed E-state index contributed by atoms with van der Waals surface area (Å²) in [6, 6.07) is 4.02. The minimum absolute atomic E-state index is 0.0306. The zero-order chi connectivity index (χ0) is 40.9. The molecular weight excluding hydrogens is 715 g/mol. The number of hydrogen-bond donors (Lipinski definition) is 0. The van der Waals surface area contributed by atoms with E-state index in [0.717, 1.165) is 32.1 Å². The molecule has 0 aromatic carbocycles. The van der Waals surface area contributed by atoms with Gasteiger partial charge < -0.3 is 4.90 Å². The Labute approximate surface area is 330 Å². The Morgan fingerprint density at radius 2 is 1.60 bits per heavy atom. The Morgan fingerprint density at radius 1 is 0.945 bits per heavy atom. The quantitative estimate of drug-likeness (QED) is 0.140. The van der Waals surface area contributed by atoms with Crippen LogP contribution in [0, 0.1) is 50.7 Å². The molecule has 4 aliphatic rings. The highest BCUT2D eigenvalue weighted by Gasteiger charge is 2.85. The lowest BCUT2D eigenvalue weighted by atomic mass is 9.73. The molecule has 0 radical (unpaired) electrons. The van der Waals surface area contributed by atoms with E-state index in [-0.39, 0.29) is 88.6 Å². The fourth-order valence-corrected chi connectivity index (χ4v) is 11.5. The summed E-state index contributed by atoms with van der Waals surface area (Å²) in [7, 11) is -2.38. The first-order valence-electron chi connectivity index (χ1n) is 20.7. The standard InChI is InChI=1S/C44H67N3O7S/c1-11-15-30(38(51)36(50)22-29-17-18-29)23-35(49)34-26-44(42(8,9)43(44)19-14-20-43)28-47(34)39(52)33(41(5,6)7)25-32(48)24-31(40(2,3)4)27-46(10)55(53,54)37-16-12-13-21-45-37/h12-13,16,21,29-31,33-34H,11,14-15,17-20,22-28H2,1-10H3/t30?,31-,33-,34+,44-/m1/s1. The van der Waals surface area contributed by atoms with E-state index in [1.807, 2.05) is 48.5 Å². The number of carbonyl (C=O) groups is 5. The molecule has 10 nitrogen and oxygen atoms in total. The number of pyridine rings is 1. The van der Waals surface area contributed by atoms with E-state index in [9.17, 15) is 27.6 Å². The number of sulfonamides is 1. The molecule has 1 aromatic rings. The molecule has 5 rings (SSSR count). The minimum atomic E-state index is -3.88. The molecule has 5 atom stereocenters. The van der Waals surface area contributed by atoms with Crippen LogP contribution in [0.4, 0.5) is 0 Å². The highest BCUT2D eigenvalue weighted by Crippen LogP contribution is 2.88. The van der Waals surface area contributed by atoms with Gasteiger partial charge in [0.2, 0.25) is 11.7 Å². The van der Waals surface area contributed by atoms with E-state index in [0.29, 0.717) is 25.8 Å². The number of fused-ring (bicyclic) bond motifs is 1. The monoisotopic (exact) mass is 781 g/mol. The zero-order valence-corrected chi connectivity index (χ0v) is 36.0. The molecule has 3 saturated carbocycles. The van der Waals surface area contributed by atoms with Gasteiger partial charge in [-0.2, -0.15) is 4.31 Å². The van der Waals surface area contributed by atoms with Crippen molar-refractivity contribution < 1.29 is 32.4 Å². The first kappa shape index (κ1) is 43.3. The number of nitrogens with zero attached hydrogens (tertiary/aromatic N) is 3. The van der Waals surface area contributed by atoms with Crippen molar-refractivity contribution in [2.75, 3.05) is 20.1 Å². The summed E-state index contributed by atoms with van der Waals surface area (Å²) in [5.41, 5.74) is -1.24. The molecule has 1 aliphatic heterocycles. The number of carbonyl (C=O) groups excluding carboxylic acids is 5. The predicted octanol–water partition coefficient (Wildman–Crippen LogP) is 7.49. The second-order valence-electron chi connectivity index (χ2n) is 20.3. The molecule has 2 heterocycles. The van der Waals surface area contributed by atoms with E-state index < -0.39 is 44.5 Å². The number of likely N-dealkylation sites (tertiary alicyclic amines) is 1. The van der Waals surface area contributed by atoms with Gasteiger partial charge in [0.25, 0.3) is 10.0 Å². The number of Topliss-reactive ketones (excluding diaryl/α,β-unsaturated/α-hetero) is 4. The molecular formula is C44H67N3O7S. The fourth-order valence-electron chi connectivity index (χ4n) is 10.3. The Hall–Kier alpha value is -2.79. The van der Waals surface area contributed by atoms with E-state index in [1.165, 1.54) is 23.6 Å². The van der Waals surface area contributed by atoms with Crippen LogP contribution in [-0.2, 0) is 34.0 Å². The average molecular weight is 782 g/mol. The van der Waals surface area contributed by atoms with Crippen molar-refractivity contribution >= 4 is 39.1 Å². The third-order valence-corrected chi connectivity index (χ3v) is 16.4.